The predicted octanol–water partition coefficient (Wildman–Crippen LogP) is 3.50. The van der Waals surface area contributed by atoms with Crippen molar-refractivity contribution in [3.05, 3.63) is 87.5 Å². The molecule has 0 saturated heterocycles. The quantitative estimate of drug-likeness (QED) is 0.491. The molecule has 7 nitrogen and oxygen atoms in total. The van der Waals surface area contributed by atoms with Crippen molar-refractivity contribution in [2.75, 3.05) is 0 Å². The van der Waals surface area contributed by atoms with E-state index < -0.39 is 17.3 Å². The lowest BCUT2D eigenvalue weighted by Gasteiger charge is -2.15. The summed E-state index contributed by atoms with van der Waals surface area (Å²) in [6, 6.07) is 11.2. The fraction of sp³-hybridized carbons (Fsp3) is 0.182. The van der Waals surface area contributed by atoms with Crippen LogP contribution in [-0.2, 0) is 13.7 Å². The van der Waals surface area contributed by atoms with Gasteiger partial charge in [-0.2, -0.15) is 9.36 Å². The van der Waals surface area contributed by atoms with E-state index in [0.29, 0.717) is 17.0 Å². The van der Waals surface area contributed by atoms with E-state index in [4.69, 9.17) is 4.74 Å². The largest absolute Gasteiger partial charge is 0.489 e. The molecule has 4 aromatic rings. The molecule has 0 aliphatic rings. The molecule has 0 aliphatic carbocycles. The molecule has 0 spiro atoms. The van der Waals surface area contributed by atoms with Crippen molar-refractivity contribution in [3.63, 3.8) is 0 Å². The Morgan fingerprint density at radius 3 is 2.52 bits per heavy atom. The van der Waals surface area contributed by atoms with Crippen LogP contribution < -0.4 is 10.4 Å². The second-order valence-corrected chi connectivity index (χ2v) is 7.13. The third-order valence-electron chi connectivity index (χ3n) is 4.91. The number of tetrazole rings is 1. The first-order chi connectivity index (χ1) is 14.8. The van der Waals surface area contributed by atoms with Gasteiger partial charge in [-0.25, -0.2) is 13.6 Å². The second kappa shape index (κ2) is 8.10. The molecule has 0 bridgehead atoms. The number of halogens is 2. The summed E-state index contributed by atoms with van der Waals surface area (Å²) < 4.78 is 35.6. The molecular formula is C22H19F2N5O2. The summed E-state index contributed by atoms with van der Waals surface area (Å²) in [6.07, 6.45) is 1.18. The standard InChI is InChI=1S/C22H19F2N5O2/c1-13-10-20(14(2)9-17(13)19-8-7-16(23)11-25-19)31-12-15-5-4-6-18(24)21(15)29-22(30)28(3)26-27-29/h4-11H,12H2,1-3H3. The van der Waals surface area contributed by atoms with Crippen LogP contribution in [0.1, 0.15) is 16.7 Å². The van der Waals surface area contributed by atoms with Crippen LogP contribution in [0.25, 0.3) is 16.9 Å². The number of aromatic nitrogens is 5. The van der Waals surface area contributed by atoms with E-state index in [1.807, 2.05) is 26.0 Å². The van der Waals surface area contributed by atoms with Crippen LogP contribution in [0.4, 0.5) is 8.78 Å². The summed E-state index contributed by atoms with van der Waals surface area (Å²) >= 11 is 0. The van der Waals surface area contributed by atoms with Gasteiger partial charge in [0.25, 0.3) is 0 Å². The van der Waals surface area contributed by atoms with Gasteiger partial charge in [-0.1, -0.05) is 12.1 Å². The summed E-state index contributed by atoms with van der Waals surface area (Å²) in [6.45, 7) is 3.80. The highest BCUT2D eigenvalue weighted by molar-refractivity contribution is 5.66. The van der Waals surface area contributed by atoms with E-state index >= 15 is 0 Å². The van der Waals surface area contributed by atoms with Gasteiger partial charge in [-0.05, 0) is 65.7 Å². The summed E-state index contributed by atoms with van der Waals surface area (Å²) in [4.78, 5) is 16.3. The summed E-state index contributed by atoms with van der Waals surface area (Å²) in [5, 5.41) is 7.38. The molecular weight excluding hydrogens is 404 g/mol. The summed E-state index contributed by atoms with van der Waals surface area (Å²) in [7, 11) is 1.44. The molecule has 9 heteroatoms. The molecule has 2 aromatic carbocycles. The summed E-state index contributed by atoms with van der Waals surface area (Å²) in [5.41, 5.74) is 3.14. The molecule has 0 aliphatic heterocycles. The van der Waals surface area contributed by atoms with Crippen molar-refractivity contribution in [2.24, 2.45) is 7.05 Å². The van der Waals surface area contributed by atoms with Gasteiger partial charge in [-0.15, -0.1) is 0 Å². The van der Waals surface area contributed by atoms with Gasteiger partial charge in [0.2, 0.25) is 0 Å². The topological polar surface area (TPSA) is 74.8 Å². The van der Waals surface area contributed by atoms with Gasteiger partial charge in [0.1, 0.15) is 29.7 Å². The molecule has 2 aromatic heterocycles. The molecule has 2 heterocycles. The van der Waals surface area contributed by atoms with Crippen LogP contribution in [0.5, 0.6) is 5.75 Å². The first-order valence-corrected chi connectivity index (χ1v) is 9.48. The number of nitrogens with zero attached hydrogens (tertiary/aromatic N) is 5. The summed E-state index contributed by atoms with van der Waals surface area (Å²) in [5.74, 6) is -0.398. The minimum absolute atomic E-state index is 0.00195. The Morgan fingerprint density at radius 2 is 1.84 bits per heavy atom. The molecule has 0 N–H and O–H groups in total. The third-order valence-corrected chi connectivity index (χ3v) is 4.91. The zero-order chi connectivity index (χ0) is 22.1. The van der Waals surface area contributed by atoms with Crippen LogP contribution in [0, 0.1) is 25.5 Å². The van der Waals surface area contributed by atoms with Crippen LogP contribution in [0.3, 0.4) is 0 Å². The first kappa shape index (κ1) is 20.4. The molecule has 0 unspecified atom stereocenters. The van der Waals surface area contributed by atoms with Crippen molar-refractivity contribution >= 4 is 0 Å². The maximum atomic E-state index is 14.5. The Morgan fingerprint density at radius 1 is 1.03 bits per heavy atom. The first-order valence-electron chi connectivity index (χ1n) is 9.48. The Balaban J connectivity index is 1.64. The maximum Gasteiger partial charge on any atom is 0.368 e. The smallest absolute Gasteiger partial charge is 0.368 e. The Bertz CT molecular complexity index is 1310. The normalized spacial score (nSPS) is 11.0. The molecule has 158 valence electrons. The Hall–Kier alpha value is -3.88. The average molecular weight is 423 g/mol. The van der Waals surface area contributed by atoms with Crippen molar-refractivity contribution in [1.29, 1.82) is 0 Å². The lowest BCUT2D eigenvalue weighted by molar-refractivity contribution is 0.302. The Labute approximate surface area is 176 Å². The number of rotatable bonds is 5. The second-order valence-electron chi connectivity index (χ2n) is 7.13. The number of benzene rings is 2. The molecule has 0 amide bonds. The van der Waals surface area contributed by atoms with Crippen molar-refractivity contribution in [1.82, 2.24) is 24.8 Å². The van der Waals surface area contributed by atoms with Crippen molar-refractivity contribution in [2.45, 2.75) is 20.5 Å². The molecule has 0 saturated carbocycles. The third kappa shape index (κ3) is 3.94. The number of hydrogen-bond donors (Lipinski definition) is 0. The highest BCUT2D eigenvalue weighted by Crippen LogP contribution is 2.30. The number of para-hydroxylation sites is 1. The maximum absolute atomic E-state index is 14.5. The zero-order valence-electron chi connectivity index (χ0n) is 17.1. The Kier molecular flexibility index (Phi) is 5.33. The van der Waals surface area contributed by atoms with E-state index in [-0.39, 0.29) is 12.3 Å². The number of hydrogen-bond acceptors (Lipinski definition) is 5. The number of aryl methyl sites for hydroxylation is 3. The van der Waals surface area contributed by atoms with Crippen LogP contribution >= 0.6 is 0 Å². The van der Waals surface area contributed by atoms with Gasteiger partial charge < -0.3 is 4.74 Å². The SMILES string of the molecule is Cc1cc(-c2ccc(F)cn2)c(C)cc1OCc1cccc(F)c1-n1nnn(C)c1=O. The van der Waals surface area contributed by atoms with Gasteiger partial charge in [-0.3, -0.25) is 4.98 Å². The minimum Gasteiger partial charge on any atom is -0.489 e. The van der Waals surface area contributed by atoms with Crippen LogP contribution in [0.2, 0.25) is 0 Å². The lowest BCUT2D eigenvalue weighted by atomic mass is 10.0. The van der Waals surface area contributed by atoms with E-state index in [1.54, 1.807) is 18.2 Å². The number of pyridine rings is 1. The molecule has 31 heavy (non-hydrogen) atoms. The fourth-order valence-electron chi connectivity index (χ4n) is 3.28. The fourth-order valence-corrected chi connectivity index (χ4v) is 3.28. The van der Waals surface area contributed by atoms with Gasteiger partial charge in [0, 0.05) is 18.2 Å². The monoisotopic (exact) mass is 423 g/mol. The van der Waals surface area contributed by atoms with Crippen molar-refractivity contribution in [3.8, 4) is 22.7 Å². The number of ether oxygens (including phenoxy) is 1. The van der Waals surface area contributed by atoms with E-state index in [0.717, 1.165) is 26.1 Å². The van der Waals surface area contributed by atoms with E-state index in [2.05, 4.69) is 15.4 Å². The van der Waals surface area contributed by atoms with E-state index in [1.165, 1.54) is 25.4 Å². The van der Waals surface area contributed by atoms with E-state index in [9.17, 15) is 13.6 Å². The molecule has 0 atom stereocenters. The van der Waals surface area contributed by atoms with Gasteiger partial charge >= 0.3 is 5.69 Å². The van der Waals surface area contributed by atoms with Gasteiger partial charge in [0.15, 0.2) is 0 Å². The molecule has 0 fully saturated rings. The highest BCUT2D eigenvalue weighted by atomic mass is 19.1. The van der Waals surface area contributed by atoms with Crippen LogP contribution in [0.15, 0.2) is 53.5 Å². The predicted molar refractivity (Wildman–Crippen MR) is 110 cm³/mol. The lowest BCUT2D eigenvalue weighted by Crippen LogP contribution is -2.24. The minimum atomic E-state index is -0.602. The van der Waals surface area contributed by atoms with Gasteiger partial charge in [0.05, 0.1) is 11.9 Å². The zero-order valence-corrected chi connectivity index (χ0v) is 17.1. The molecule has 4 rings (SSSR count). The average Bonchev–Trinajstić information content (AvgIpc) is 3.07. The molecule has 0 radical (unpaired) electrons. The highest BCUT2D eigenvalue weighted by Gasteiger charge is 2.17. The van der Waals surface area contributed by atoms with Crippen LogP contribution in [-0.4, -0.2) is 24.8 Å². The van der Waals surface area contributed by atoms with Crippen molar-refractivity contribution < 1.29 is 13.5 Å².